The first kappa shape index (κ1) is 10.5. The van der Waals surface area contributed by atoms with E-state index in [1.165, 1.54) is 0 Å². The number of rotatable bonds is 2. The summed E-state index contributed by atoms with van der Waals surface area (Å²) in [6.45, 7) is 3.28. The van der Waals surface area contributed by atoms with Gasteiger partial charge in [0.1, 0.15) is 0 Å². The van der Waals surface area contributed by atoms with E-state index in [-0.39, 0.29) is 6.04 Å². The van der Waals surface area contributed by atoms with E-state index in [0.29, 0.717) is 6.04 Å². The third-order valence-electron chi connectivity index (χ3n) is 2.77. The maximum absolute atomic E-state index is 5.46. The predicted octanol–water partition coefficient (Wildman–Crippen LogP) is -0.547. The van der Waals surface area contributed by atoms with Gasteiger partial charge in [-0.2, -0.15) is 0 Å². The third-order valence-corrected chi connectivity index (χ3v) is 2.77. The lowest BCUT2D eigenvalue weighted by molar-refractivity contribution is 0.102. The van der Waals surface area contributed by atoms with E-state index in [4.69, 9.17) is 6.42 Å². The van der Waals surface area contributed by atoms with Gasteiger partial charge in [-0.15, -0.1) is 6.42 Å². The van der Waals surface area contributed by atoms with Crippen molar-refractivity contribution in [1.29, 1.82) is 0 Å². The molecule has 13 heavy (non-hydrogen) atoms. The van der Waals surface area contributed by atoms with Gasteiger partial charge in [0.2, 0.25) is 0 Å². The molecule has 0 bridgehead atoms. The first-order valence-corrected chi connectivity index (χ1v) is 4.71. The van der Waals surface area contributed by atoms with Crippen LogP contribution in [0.15, 0.2) is 0 Å². The van der Waals surface area contributed by atoms with Gasteiger partial charge in [0.15, 0.2) is 0 Å². The van der Waals surface area contributed by atoms with Crippen molar-refractivity contribution in [3.05, 3.63) is 0 Å². The fourth-order valence-electron chi connectivity index (χ4n) is 1.79. The highest BCUT2D eigenvalue weighted by molar-refractivity contribution is 5.06. The third kappa shape index (κ3) is 2.44. The van der Waals surface area contributed by atoms with Crippen molar-refractivity contribution in [2.24, 2.45) is 0 Å². The van der Waals surface area contributed by atoms with Gasteiger partial charge in [-0.05, 0) is 21.1 Å². The Balaban J connectivity index is 2.60. The molecule has 1 aliphatic rings. The van der Waals surface area contributed by atoms with Crippen LogP contribution in [0.3, 0.4) is 0 Å². The number of nitrogens with zero attached hydrogens (tertiary/aromatic N) is 2. The Morgan fingerprint density at radius 1 is 1.46 bits per heavy atom. The molecule has 1 N–H and O–H groups in total. The molecular weight excluding hydrogens is 162 g/mol. The molecule has 0 saturated carbocycles. The zero-order chi connectivity index (χ0) is 9.84. The molecule has 3 nitrogen and oxygen atoms in total. The second-order valence-corrected chi connectivity index (χ2v) is 3.74. The highest BCUT2D eigenvalue weighted by atomic mass is 15.3. The summed E-state index contributed by atoms with van der Waals surface area (Å²) in [6, 6.07) is 0.599. The number of likely N-dealkylation sites (N-methyl/N-ethyl adjacent to an activating group) is 3. The van der Waals surface area contributed by atoms with E-state index in [9.17, 15) is 0 Å². The summed E-state index contributed by atoms with van der Waals surface area (Å²) >= 11 is 0. The van der Waals surface area contributed by atoms with Crippen molar-refractivity contribution < 1.29 is 0 Å². The molecule has 0 aromatic rings. The smallest absolute Gasteiger partial charge is 0.0854 e. The Hall–Kier alpha value is -0.560. The first-order chi connectivity index (χ1) is 6.19. The predicted molar refractivity (Wildman–Crippen MR) is 55.6 cm³/mol. The molecule has 1 rings (SSSR count). The zero-order valence-electron chi connectivity index (χ0n) is 8.75. The molecule has 0 aromatic heterocycles. The van der Waals surface area contributed by atoms with E-state index >= 15 is 0 Å². The Morgan fingerprint density at radius 3 is 2.69 bits per heavy atom. The summed E-state index contributed by atoms with van der Waals surface area (Å²) in [7, 11) is 6.20. The standard InChI is InChI=1S/C10H19N3/c1-5-9(11-2)10-8-12(3)6-7-13(10)4/h1,9-11H,6-8H2,2-4H3. The maximum Gasteiger partial charge on any atom is 0.0854 e. The van der Waals surface area contributed by atoms with Crippen LogP contribution in [0, 0.1) is 12.3 Å². The number of piperazine rings is 1. The van der Waals surface area contributed by atoms with E-state index in [1.807, 2.05) is 7.05 Å². The van der Waals surface area contributed by atoms with Crippen molar-refractivity contribution in [3.8, 4) is 12.3 Å². The molecule has 0 spiro atoms. The summed E-state index contributed by atoms with van der Waals surface area (Å²) in [5.41, 5.74) is 0. The topological polar surface area (TPSA) is 18.5 Å². The Bertz CT molecular complexity index is 197. The Kier molecular flexibility index (Phi) is 3.73. The molecule has 74 valence electrons. The molecule has 0 aliphatic carbocycles. The molecule has 2 unspecified atom stereocenters. The van der Waals surface area contributed by atoms with Crippen LogP contribution in [0.5, 0.6) is 0 Å². The second-order valence-electron chi connectivity index (χ2n) is 3.74. The summed E-state index contributed by atoms with van der Waals surface area (Å²) < 4.78 is 0. The van der Waals surface area contributed by atoms with Crippen LogP contribution in [0.1, 0.15) is 0 Å². The van der Waals surface area contributed by atoms with Gasteiger partial charge in [0, 0.05) is 25.7 Å². The number of terminal acetylenes is 1. The highest BCUT2D eigenvalue weighted by Crippen LogP contribution is 2.09. The van der Waals surface area contributed by atoms with Gasteiger partial charge in [-0.25, -0.2) is 0 Å². The van der Waals surface area contributed by atoms with Crippen LogP contribution in [-0.4, -0.2) is 62.7 Å². The summed E-state index contributed by atoms with van der Waals surface area (Å²) in [6.07, 6.45) is 5.46. The lowest BCUT2D eigenvalue weighted by Crippen LogP contribution is -2.57. The molecule has 3 heteroatoms. The van der Waals surface area contributed by atoms with Gasteiger partial charge < -0.3 is 10.2 Å². The van der Waals surface area contributed by atoms with Gasteiger partial charge in [0.25, 0.3) is 0 Å². The zero-order valence-corrected chi connectivity index (χ0v) is 8.75. The molecular formula is C10H19N3. The van der Waals surface area contributed by atoms with Crippen LogP contribution < -0.4 is 5.32 Å². The monoisotopic (exact) mass is 181 g/mol. The normalized spacial score (nSPS) is 28.3. The van der Waals surface area contributed by atoms with Gasteiger partial charge in [-0.1, -0.05) is 5.92 Å². The second kappa shape index (κ2) is 4.61. The minimum Gasteiger partial charge on any atom is -0.305 e. The quantitative estimate of drug-likeness (QED) is 0.577. The summed E-state index contributed by atoms with van der Waals surface area (Å²) in [5.74, 6) is 2.79. The molecule has 1 fully saturated rings. The Morgan fingerprint density at radius 2 is 2.15 bits per heavy atom. The van der Waals surface area contributed by atoms with Gasteiger partial charge >= 0.3 is 0 Å². The van der Waals surface area contributed by atoms with Crippen molar-refractivity contribution in [2.75, 3.05) is 40.8 Å². The van der Waals surface area contributed by atoms with E-state index in [0.717, 1.165) is 19.6 Å². The van der Waals surface area contributed by atoms with E-state index in [2.05, 4.69) is 35.1 Å². The largest absolute Gasteiger partial charge is 0.305 e. The van der Waals surface area contributed by atoms with Crippen molar-refractivity contribution in [1.82, 2.24) is 15.1 Å². The van der Waals surface area contributed by atoms with Crippen molar-refractivity contribution in [2.45, 2.75) is 12.1 Å². The van der Waals surface area contributed by atoms with Crippen LogP contribution in [0.25, 0.3) is 0 Å². The van der Waals surface area contributed by atoms with E-state index < -0.39 is 0 Å². The van der Waals surface area contributed by atoms with Crippen LogP contribution >= 0.6 is 0 Å². The average Bonchev–Trinajstić information content (AvgIpc) is 2.13. The first-order valence-electron chi connectivity index (χ1n) is 4.71. The van der Waals surface area contributed by atoms with Crippen LogP contribution in [0.4, 0.5) is 0 Å². The van der Waals surface area contributed by atoms with Crippen LogP contribution in [0.2, 0.25) is 0 Å². The minimum atomic E-state index is 0.160. The highest BCUT2D eigenvalue weighted by Gasteiger charge is 2.27. The molecule has 2 atom stereocenters. The molecule has 1 saturated heterocycles. The van der Waals surface area contributed by atoms with Gasteiger partial charge in [0.05, 0.1) is 6.04 Å². The van der Waals surface area contributed by atoms with Crippen molar-refractivity contribution in [3.63, 3.8) is 0 Å². The molecule has 1 heterocycles. The molecule has 0 amide bonds. The SMILES string of the molecule is C#CC(NC)C1CN(C)CCN1C. The van der Waals surface area contributed by atoms with Crippen LogP contribution in [-0.2, 0) is 0 Å². The van der Waals surface area contributed by atoms with E-state index in [1.54, 1.807) is 0 Å². The van der Waals surface area contributed by atoms with Crippen molar-refractivity contribution >= 4 is 0 Å². The summed E-state index contributed by atoms with van der Waals surface area (Å²) in [4.78, 5) is 4.66. The lowest BCUT2D eigenvalue weighted by Gasteiger charge is -2.40. The Labute approximate surface area is 81.1 Å². The number of hydrogen-bond acceptors (Lipinski definition) is 3. The maximum atomic E-state index is 5.46. The number of nitrogens with one attached hydrogen (secondary N) is 1. The summed E-state index contributed by atoms with van der Waals surface area (Å²) in [5, 5.41) is 3.17. The fourth-order valence-corrected chi connectivity index (χ4v) is 1.79. The fraction of sp³-hybridized carbons (Fsp3) is 0.800. The number of hydrogen-bond donors (Lipinski definition) is 1. The molecule has 1 aliphatic heterocycles. The average molecular weight is 181 g/mol. The minimum absolute atomic E-state index is 0.160. The molecule has 0 radical (unpaired) electrons. The lowest BCUT2D eigenvalue weighted by atomic mass is 10.1. The van der Waals surface area contributed by atoms with Gasteiger partial charge in [-0.3, -0.25) is 4.90 Å². The molecule has 0 aromatic carbocycles.